The van der Waals surface area contributed by atoms with E-state index in [2.05, 4.69) is 48.7 Å². The van der Waals surface area contributed by atoms with Gasteiger partial charge in [0, 0.05) is 19.1 Å². The lowest BCUT2D eigenvalue weighted by Crippen LogP contribution is -2.31. The van der Waals surface area contributed by atoms with Crippen molar-refractivity contribution in [2.45, 2.75) is 65.1 Å². The van der Waals surface area contributed by atoms with E-state index in [-0.39, 0.29) is 0 Å². The van der Waals surface area contributed by atoms with Gasteiger partial charge in [-0.1, -0.05) is 51.0 Å². The Morgan fingerprint density at radius 2 is 1.57 bits per heavy atom. The molecule has 1 rings (SSSR count). The number of nitrogens with one attached hydrogen (secondary N) is 2. The van der Waals surface area contributed by atoms with Crippen molar-refractivity contribution in [1.82, 2.24) is 10.6 Å². The molecule has 1 aromatic carbocycles. The fraction of sp³-hybridized carbons (Fsp3) is 0.667. The van der Waals surface area contributed by atoms with Crippen molar-refractivity contribution in [3.63, 3.8) is 0 Å². The van der Waals surface area contributed by atoms with Crippen LogP contribution in [0.2, 0.25) is 0 Å². The third kappa shape index (κ3) is 8.20. The maximum absolute atomic E-state index is 5.60. The quantitative estimate of drug-likeness (QED) is 0.518. The SMILES string of the molecule is CCCC(CCC)NCCCNCc1ccc(CN)cc1. The minimum absolute atomic E-state index is 0.621. The molecule has 0 aromatic heterocycles. The molecule has 0 aliphatic heterocycles. The zero-order chi connectivity index (χ0) is 15.3. The summed E-state index contributed by atoms with van der Waals surface area (Å²) in [5.74, 6) is 0. The van der Waals surface area contributed by atoms with Gasteiger partial charge >= 0.3 is 0 Å². The first-order valence-corrected chi connectivity index (χ1v) is 8.52. The van der Waals surface area contributed by atoms with Crippen LogP contribution in [0.25, 0.3) is 0 Å². The van der Waals surface area contributed by atoms with E-state index in [0.717, 1.165) is 19.6 Å². The topological polar surface area (TPSA) is 50.1 Å². The lowest BCUT2D eigenvalue weighted by Gasteiger charge is -2.17. The number of hydrogen-bond acceptors (Lipinski definition) is 3. The van der Waals surface area contributed by atoms with E-state index in [1.165, 1.54) is 43.2 Å². The number of rotatable bonds is 12. The molecule has 0 aliphatic carbocycles. The maximum Gasteiger partial charge on any atom is 0.0205 e. The fourth-order valence-corrected chi connectivity index (χ4v) is 2.59. The Labute approximate surface area is 130 Å². The van der Waals surface area contributed by atoms with Crippen molar-refractivity contribution in [2.75, 3.05) is 13.1 Å². The number of hydrogen-bond donors (Lipinski definition) is 3. The molecule has 0 heterocycles. The zero-order valence-electron chi connectivity index (χ0n) is 13.8. The van der Waals surface area contributed by atoms with Gasteiger partial charge in [-0.15, -0.1) is 0 Å². The van der Waals surface area contributed by atoms with Crippen LogP contribution in [0.4, 0.5) is 0 Å². The molecule has 0 unspecified atom stereocenters. The van der Waals surface area contributed by atoms with Crippen LogP contribution in [0.3, 0.4) is 0 Å². The molecule has 0 saturated heterocycles. The molecule has 120 valence electrons. The Bertz CT molecular complexity index is 342. The largest absolute Gasteiger partial charge is 0.326 e. The summed E-state index contributed by atoms with van der Waals surface area (Å²) < 4.78 is 0. The second-order valence-corrected chi connectivity index (χ2v) is 5.78. The van der Waals surface area contributed by atoms with Crippen LogP contribution in [-0.4, -0.2) is 19.1 Å². The van der Waals surface area contributed by atoms with Gasteiger partial charge < -0.3 is 16.4 Å². The predicted octanol–water partition coefficient (Wildman–Crippen LogP) is 3.18. The van der Waals surface area contributed by atoms with Crippen molar-refractivity contribution in [2.24, 2.45) is 5.73 Å². The third-order valence-electron chi connectivity index (χ3n) is 3.83. The van der Waals surface area contributed by atoms with Gasteiger partial charge in [-0.05, 0) is 43.5 Å². The Balaban J connectivity index is 2.07. The Morgan fingerprint density at radius 3 is 2.14 bits per heavy atom. The van der Waals surface area contributed by atoms with Crippen molar-refractivity contribution in [3.8, 4) is 0 Å². The molecule has 0 radical (unpaired) electrons. The van der Waals surface area contributed by atoms with E-state index >= 15 is 0 Å². The molecule has 4 N–H and O–H groups in total. The third-order valence-corrected chi connectivity index (χ3v) is 3.83. The molecule has 3 heteroatoms. The van der Waals surface area contributed by atoms with Gasteiger partial charge in [0.05, 0.1) is 0 Å². The van der Waals surface area contributed by atoms with E-state index in [4.69, 9.17) is 5.73 Å². The average Bonchev–Trinajstić information content (AvgIpc) is 2.51. The van der Waals surface area contributed by atoms with Gasteiger partial charge in [0.1, 0.15) is 0 Å². The highest BCUT2D eigenvalue weighted by molar-refractivity contribution is 5.22. The van der Waals surface area contributed by atoms with Crippen LogP contribution < -0.4 is 16.4 Å². The summed E-state index contributed by atoms with van der Waals surface area (Å²) >= 11 is 0. The van der Waals surface area contributed by atoms with E-state index in [1.54, 1.807) is 0 Å². The van der Waals surface area contributed by atoms with Gasteiger partial charge in [-0.2, -0.15) is 0 Å². The van der Waals surface area contributed by atoms with Crippen LogP contribution in [0.5, 0.6) is 0 Å². The molecule has 0 spiro atoms. The smallest absolute Gasteiger partial charge is 0.0205 e. The Hall–Kier alpha value is -0.900. The number of benzene rings is 1. The van der Waals surface area contributed by atoms with Crippen LogP contribution in [0.15, 0.2) is 24.3 Å². The van der Waals surface area contributed by atoms with Gasteiger partial charge in [-0.3, -0.25) is 0 Å². The summed E-state index contributed by atoms with van der Waals surface area (Å²) in [6.45, 7) is 8.28. The van der Waals surface area contributed by atoms with Crippen molar-refractivity contribution >= 4 is 0 Å². The second kappa shape index (κ2) is 11.7. The van der Waals surface area contributed by atoms with E-state index in [0.29, 0.717) is 12.6 Å². The minimum atomic E-state index is 0.621. The molecule has 0 saturated carbocycles. The minimum Gasteiger partial charge on any atom is -0.326 e. The Kier molecular flexibility index (Phi) is 10.1. The van der Waals surface area contributed by atoms with Gasteiger partial charge in [0.2, 0.25) is 0 Å². The van der Waals surface area contributed by atoms with Gasteiger partial charge in [-0.25, -0.2) is 0 Å². The second-order valence-electron chi connectivity index (χ2n) is 5.78. The van der Waals surface area contributed by atoms with Crippen molar-refractivity contribution < 1.29 is 0 Å². The van der Waals surface area contributed by atoms with E-state index in [1.807, 2.05) is 0 Å². The van der Waals surface area contributed by atoms with Crippen LogP contribution in [0, 0.1) is 0 Å². The van der Waals surface area contributed by atoms with Crippen LogP contribution in [-0.2, 0) is 13.1 Å². The molecule has 0 amide bonds. The van der Waals surface area contributed by atoms with Crippen LogP contribution >= 0.6 is 0 Å². The normalized spacial score (nSPS) is 11.2. The molecule has 0 fully saturated rings. The highest BCUT2D eigenvalue weighted by Crippen LogP contribution is 2.05. The van der Waals surface area contributed by atoms with Gasteiger partial charge in [0.25, 0.3) is 0 Å². The lowest BCUT2D eigenvalue weighted by molar-refractivity contribution is 0.437. The average molecular weight is 291 g/mol. The summed E-state index contributed by atoms with van der Waals surface area (Å²) in [7, 11) is 0. The first kappa shape index (κ1) is 18.1. The summed E-state index contributed by atoms with van der Waals surface area (Å²) in [4.78, 5) is 0. The van der Waals surface area contributed by atoms with Crippen LogP contribution in [0.1, 0.15) is 57.1 Å². The predicted molar refractivity (Wildman–Crippen MR) is 92.3 cm³/mol. The fourth-order valence-electron chi connectivity index (χ4n) is 2.59. The van der Waals surface area contributed by atoms with Crippen molar-refractivity contribution in [1.29, 1.82) is 0 Å². The molecule has 21 heavy (non-hydrogen) atoms. The summed E-state index contributed by atoms with van der Waals surface area (Å²) in [5.41, 5.74) is 8.12. The monoisotopic (exact) mass is 291 g/mol. The highest BCUT2D eigenvalue weighted by atomic mass is 14.9. The first-order chi connectivity index (χ1) is 10.3. The van der Waals surface area contributed by atoms with Gasteiger partial charge in [0.15, 0.2) is 0 Å². The molecule has 0 atom stereocenters. The number of nitrogens with two attached hydrogens (primary N) is 1. The standard InChI is InChI=1S/C18H33N3/c1-3-6-18(7-4-2)21-13-5-12-20-15-17-10-8-16(14-19)9-11-17/h8-11,18,20-21H,3-7,12-15,19H2,1-2H3. The molecule has 0 bridgehead atoms. The summed E-state index contributed by atoms with van der Waals surface area (Å²) in [5, 5.41) is 7.19. The van der Waals surface area contributed by atoms with Crippen molar-refractivity contribution in [3.05, 3.63) is 35.4 Å². The van der Waals surface area contributed by atoms with E-state index in [9.17, 15) is 0 Å². The maximum atomic E-state index is 5.60. The molecule has 1 aromatic rings. The Morgan fingerprint density at radius 1 is 0.952 bits per heavy atom. The highest BCUT2D eigenvalue weighted by Gasteiger charge is 2.04. The zero-order valence-corrected chi connectivity index (χ0v) is 13.8. The first-order valence-electron chi connectivity index (χ1n) is 8.52. The molecule has 0 aliphatic rings. The lowest BCUT2D eigenvalue weighted by atomic mass is 10.1. The molecule has 3 nitrogen and oxygen atoms in total. The molecular formula is C18H33N3. The van der Waals surface area contributed by atoms with E-state index < -0.39 is 0 Å². The molecular weight excluding hydrogens is 258 g/mol. The summed E-state index contributed by atoms with van der Waals surface area (Å²) in [6.07, 6.45) is 6.33. The summed E-state index contributed by atoms with van der Waals surface area (Å²) in [6, 6.07) is 9.25.